The maximum absolute atomic E-state index is 11.9. The molecule has 0 aromatic heterocycles. The zero-order valence-electron chi connectivity index (χ0n) is 11.2. The first-order chi connectivity index (χ1) is 8.38. The van der Waals surface area contributed by atoms with Crippen LogP contribution in [0.5, 0.6) is 0 Å². The number of imide groups is 1. The number of nitrogens with zero attached hydrogens (tertiary/aromatic N) is 1. The van der Waals surface area contributed by atoms with Crippen LogP contribution in [-0.4, -0.2) is 51.6 Å². The van der Waals surface area contributed by atoms with Gasteiger partial charge in [-0.05, 0) is 26.0 Å². The lowest BCUT2D eigenvalue weighted by molar-refractivity contribution is -0.131. The molecule has 104 valence electrons. The van der Waals surface area contributed by atoms with Crippen LogP contribution in [0.25, 0.3) is 0 Å². The summed E-state index contributed by atoms with van der Waals surface area (Å²) < 4.78 is 0. The van der Waals surface area contributed by atoms with Crippen molar-refractivity contribution in [1.82, 2.24) is 10.2 Å². The molecule has 1 fully saturated rings. The summed E-state index contributed by atoms with van der Waals surface area (Å²) in [4.78, 5) is 24.6. The number of aliphatic hydroxyl groups is 1. The summed E-state index contributed by atoms with van der Waals surface area (Å²) in [6.07, 6.45) is 1.59. The smallest absolute Gasteiger partial charge is 0.325 e. The number of amides is 3. The molecule has 0 spiro atoms. The number of urea groups is 1. The van der Waals surface area contributed by atoms with Crippen LogP contribution in [0.2, 0.25) is 0 Å². The Labute approximate surface area is 112 Å². The molecule has 1 rings (SSSR count). The second kappa shape index (κ2) is 6.43. The van der Waals surface area contributed by atoms with E-state index < -0.39 is 17.7 Å². The van der Waals surface area contributed by atoms with Gasteiger partial charge in [0.2, 0.25) is 0 Å². The lowest BCUT2D eigenvalue weighted by Crippen LogP contribution is -2.42. The van der Waals surface area contributed by atoms with Crippen LogP contribution in [0.15, 0.2) is 0 Å². The highest BCUT2D eigenvalue weighted by molar-refractivity contribution is 7.99. The second-order valence-corrected chi connectivity index (χ2v) is 6.20. The van der Waals surface area contributed by atoms with Gasteiger partial charge in [-0.2, -0.15) is 11.8 Å². The zero-order chi connectivity index (χ0) is 13.8. The molecule has 5 nitrogen and oxygen atoms in total. The van der Waals surface area contributed by atoms with Crippen molar-refractivity contribution in [1.29, 1.82) is 0 Å². The minimum atomic E-state index is -0.855. The molecule has 0 aromatic rings. The van der Waals surface area contributed by atoms with Gasteiger partial charge in [-0.15, -0.1) is 0 Å². The van der Waals surface area contributed by atoms with E-state index in [1.54, 1.807) is 25.6 Å². The molecule has 0 saturated carbocycles. The van der Waals surface area contributed by atoms with Gasteiger partial charge in [-0.1, -0.05) is 13.3 Å². The molecule has 6 heteroatoms. The number of hydrogen-bond acceptors (Lipinski definition) is 4. The highest BCUT2D eigenvalue weighted by atomic mass is 32.2. The van der Waals surface area contributed by atoms with Crippen LogP contribution in [0.4, 0.5) is 4.79 Å². The molecule has 1 heterocycles. The van der Waals surface area contributed by atoms with Crippen molar-refractivity contribution >= 4 is 23.7 Å². The maximum Gasteiger partial charge on any atom is 0.325 e. The molecule has 0 aliphatic carbocycles. The predicted molar refractivity (Wildman–Crippen MR) is 72.6 cm³/mol. The summed E-state index contributed by atoms with van der Waals surface area (Å²) >= 11 is 1.65. The number of unbranched alkanes of at least 4 members (excludes halogenated alkanes) is 1. The Morgan fingerprint density at radius 1 is 1.44 bits per heavy atom. The Kier molecular flexibility index (Phi) is 5.47. The van der Waals surface area contributed by atoms with Crippen LogP contribution in [0.1, 0.15) is 33.6 Å². The Morgan fingerprint density at radius 2 is 2.11 bits per heavy atom. The van der Waals surface area contributed by atoms with Crippen molar-refractivity contribution < 1.29 is 14.7 Å². The van der Waals surface area contributed by atoms with E-state index >= 15 is 0 Å². The standard InChI is InChI=1S/C12H22N2O3S/c1-4-5-6-18-8-9(15)7-14-10(16)12(2,3)13-11(14)17/h9,15H,4-8H2,1-3H3,(H,13,17). The van der Waals surface area contributed by atoms with E-state index in [1.807, 2.05) is 0 Å². The predicted octanol–water partition coefficient (Wildman–Crippen LogP) is 1.21. The van der Waals surface area contributed by atoms with E-state index in [2.05, 4.69) is 12.2 Å². The second-order valence-electron chi connectivity index (χ2n) is 5.05. The molecular formula is C12H22N2O3S. The summed E-state index contributed by atoms with van der Waals surface area (Å²) in [5, 5.41) is 12.4. The monoisotopic (exact) mass is 274 g/mol. The SMILES string of the molecule is CCCCSCC(O)CN1C(=O)NC(C)(C)C1=O. The third kappa shape index (κ3) is 3.88. The van der Waals surface area contributed by atoms with Crippen molar-refractivity contribution in [2.24, 2.45) is 0 Å². The fourth-order valence-corrected chi connectivity index (χ4v) is 2.75. The molecule has 1 unspecified atom stereocenters. The van der Waals surface area contributed by atoms with Crippen LogP contribution in [-0.2, 0) is 4.79 Å². The first-order valence-corrected chi connectivity index (χ1v) is 7.44. The number of β-amino-alcohol motifs (C(OH)–C–C–N with tert-alkyl or cyclic N) is 1. The van der Waals surface area contributed by atoms with Crippen molar-refractivity contribution in [3.05, 3.63) is 0 Å². The van der Waals surface area contributed by atoms with Gasteiger partial charge in [0.1, 0.15) is 5.54 Å². The van der Waals surface area contributed by atoms with Crippen molar-refractivity contribution in [3.8, 4) is 0 Å². The van der Waals surface area contributed by atoms with Gasteiger partial charge in [0, 0.05) is 5.75 Å². The first kappa shape index (κ1) is 15.3. The number of carbonyl (C=O) groups excluding carboxylic acids is 2. The Morgan fingerprint density at radius 3 is 2.61 bits per heavy atom. The maximum atomic E-state index is 11.9. The van der Waals surface area contributed by atoms with Gasteiger partial charge in [0.15, 0.2) is 0 Å². The van der Waals surface area contributed by atoms with Crippen molar-refractivity contribution in [2.75, 3.05) is 18.1 Å². The molecule has 2 N–H and O–H groups in total. The van der Waals surface area contributed by atoms with Crippen LogP contribution < -0.4 is 5.32 Å². The minimum absolute atomic E-state index is 0.0766. The van der Waals surface area contributed by atoms with E-state index in [4.69, 9.17) is 0 Å². The number of hydrogen-bond donors (Lipinski definition) is 2. The summed E-state index contributed by atoms with van der Waals surface area (Å²) in [5.74, 6) is 1.28. The van der Waals surface area contributed by atoms with Crippen molar-refractivity contribution in [2.45, 2.75) is 45.3 Å². The molecule has 0 bridgehead atoms. The molecular weight excluding hydrogens is 252 g/mol. The van der Waals surface area contributed by atoms with E-state index in [0.29, 0.717) is 5.75 Å². The van der Waals surface area contributed by atoms with E-state index in [1.165, 1.54) is 0 Å². The summed E-state index contributed by atoms with van der Waals surface area (Å²) in [6.45, 7) is 5.52. The average molecular weight is 274 g/mol. The normalized spacial score (nSPS) is 20.1. The fraction of sp³-hybridized carbons (Fsp3) is 0.833. The van der Waals surface area contributed by atoms with Crippen LogP contribution in [0, 0.1) is 0 Å². The van der Waals surface area contributed by atoms with Gasteiger partial charge >= 0.3 is 6.03 Å². The Bertz CT molecular complexity index is 320. The van der Waals surface area contributed by atoms with Gasteiger partial charge in [0.05, 0.1) is 12.6 Å². The van der Waals surface area contributed by atoms with Gasteiger partial charge in [-0.25, -0.2) is 4.79 Å². The number of carbonyl (C=O) groups is 2. The lowest BCUT2D eigenvalue weighted by Gasteiger charge is -2.18. The molecule has 3 amide bonds. The molecule has 1 aliphatic rings. The third-order valence-electron chi connectivity index (χ3n) is 2.79. The van der Waals surface area contributed by atoms with Crippen molar-refractivity contribution in [3.63, 3.8) is 0 Å². The quantitative estimate of drug-likeness (QED) is 0.541. The summed E-state index contributed by atoms with van der Waals surface area (Å²) in [7, 11) is 0. The third-order valence-corrected chi connectivity index (χ3v) is 3.99. The average Bonchev–Trinajstić information content (AvgIpc) is 2.47. The molecule has 1 atom stereocenters. The highest BCUT2D eigenvalue weighted by Gasteiger charge is 2.44. The minimum Gasteiger partial charge on any atom is -0.390 e. The van der Waals surface area contributed by atoms with Gasteiger partial charge in [0.25, 0.3) is 5.91 Å². The lowest BCUT2D eigenvalue weighted by atomic mass is 10.1. The molecule has 18 heavy (non-hydrogen) atoms. The number of thioether (sulfide) groups is 1. The Hall–Kier alpha value is -0.750. The summed E-state index contributed by atoms with van der Waals surface area (Å²) in [6, 6.07) is -0.414. The molecule has 0 aromatic carbocycles. The molecule has 0 radical (unpaired) electrons. The van der Waals surface area contributed by atoms with Gasteiger partial charge < -0.3 is 10.4 Å². The highest BCUT2D eigenvalue weighted by Crippen LogP contribution is 2.17. The molecule has 1 aliphatic heterocycles. The van der Waals surface area contributed by atoms with E-state index in [0.717, 1.165) is 23.5 Å². The van der Waals surface area contributed by atoms with Crippen LogP contribution in [0.3, 0.4) is 0 Å². The van der Waals surface area contributed by atoms with E-state index in [9.17, 15) is 14.7 Å². The summed E-state index contributed by atoms with van der Waals surface area (Å²) in [5.41, 5.74) is -0.855. The van der Waals surface area contributed by atoms with E-state index in [-0.39, 0.29) is 12.5 Å². The largest absolute Gasteiger partial charge is 0.390 e. The fourth-order valence-electron chi connectivity index (χ4n) is 1.71. The van der Waals surface area contributed by atoms with Gasteiger partial charge in [-0.3, -0.25) is 9.69 Å². The number of rotatable bonds is 7. The topological polar surface area (TPSA) is 69.6 Å². The first-order valence-electron chi connectivity index (χ1n) is 6.28. The number of aliphatic hydroxyl groups excluding tert-OH is 1. The zero-order valence-corrected chi connectivity index (χ0v) is 12.0. The number of nitrogens with one attached hydrogen (secondary N) is 1. The Balaban J connectivity index is 2.38. The molecule has 1 saturated heterocycles. The van der Waals surface area contributed by atoms with Crippen LogP contribution >= 0.6 is 11.8 Å².